The highest BCUT2D eigenvalue weighted by atomic mass is 35.5. The zero-order chi connectivity index (χ0) is 15.4. The van der Waals surface area contributed by atoms with Gasteiger partial charge < -0.3 is 19.5 Å². The van der Waals surface area contributed by atoms with Crippen molar-refractivity contribution in [3.8, 4) is 5.75 Å². The molecule has 0 aromatic heterocycles. The fourth-order valence-electron chi connectivity index (χ4n) is 2.23. The number of aliphatic carboxylic acids is 1. The van der Waals surface area contributed by atoms with Crippen molar-refractivity contribution >= 4 is 23.5 Å². The number of amides is 1. The van der Waals surface area contributed by atoms with Crippen LogP contribution in [0.3, 0.4) is 0 Å². The van der Waals surface area contributed by atoms with Gasteiger partial charge in [0.2, 0.25) is 0 Å². The fourth-order valence-corrected chi connectivity index (χ4v) is 2.40. The molecule has 1 amide bonds. The molecule has 0 saturated carbocycles. The van der Waals surface area contributed by atoms with E-state index < -0.39 is 12.1 Å². The Labute approximate surface area is 127 Å². The second-order valence-corrected chi connectivity index (χ2v) is 5.12. The van der Waals surface area contributed by atoms with Crippen molar-refractivity contribution in [2.24, 2.45) is 0 Å². The molecule has 1 atom stereocenters. The topological polar surface area (TPSA) is 76.1 Å². The Balaban J connectivity index is 2.14. The molecule has 1 saturated heterocycles. The van der Waals surface area contributed by atoms with Crippen LogP contribution < -0.4 is 4.74 Å². The summed E-state index contributed by atoms with van der Waals surface area (Å²) < 4.78 is 10.5. The predicted octanol–water partition coefficient (Wildman–Crippen LogP) is 1.66. The van der Waals surface area contributed by atoms with E-state index >= 15 is 0 Å². The van der Waals surface area contributed by atoms with E-state index in [0.29, 0.717) is 29.5 Å². The Kier molecular flexibility index (Phi) is 5.03. The van der Waals surface area contributed by atoms with Gasteiger partial charge in [0, 0.05) is 18.1 Å². The van der Waals surface area contributed by atoms with Crippen LogP contribution in [0.4, 0.5) is 0 Å². The van der Waals surface area contributed by atoms with Gasteiger partial charge in [0.1, 0.15) is 5.75 Å². The van der Waals surface area contributed by atoms with E-state index in [-0.39, 0.29) is 18.9 Å². The molecule has 21 heavy (non-hydrogen) atoms. The molecule has 0 spiro atoms. The summed E-state index contributed by atoms with van der Waals surface area (Å²) in [5.41, 5.74) is 0.401. The minimum atomic E-state index is -0.946. The first-order valence-electron chi connectivity index (χ1n) is 6.47. The lowest BCUT2D eigenvalue weighted by Crippen LogP contribution is -2.46. The highest BCUT2D eigenvalue weighted by Crippen LogP contribution is 2.25. The van der Waals surface area contributed by atoms with Crippen LogP contribution in [0.5, 0.6) is 5.75 Å². The van der Waals surface area contributed by atoms with Crippen LogP contribution in [0, 0.1) is 0 Å². The summed E-state index contributed by atoms with van der Waals surface area (Å²) in [4.78, 5) is 24.8. The number of carboxylic acid groups (broad SMARTS) is 1. The number of morpholine rings is 1. The van der Waals surface area contributed by atoms with Crippen LogP contribution in [0.25, 0.3) is 0 Å². The number of halogens is 1. The predicted molar refractivity (Wildman–Crippen MR) is 75.9 cm³/mol. The molecule has 1 fully saturated rings. The third-order valence-electron chi connectivity index (χ3n) is 3.22. The minimum absolute atomic E-state index is 0.123. The van der Waals surface area contributed by atoms with Crippen LogP contribution in [-0.2, 0) is 9.53 Å². The van der Waals surface area contributed by atoms with Crippen LogP contribution in [0.2, 0.25) is 5.02 Å². The molecule has 0 radical (unpaired) electrons. The van der Waals surface area contributed by atoms with Gasteiger partial charge in [-0.05, 0) is 18.2 Å². The van der Waals surface area contributed by atoms with Crippen molar-refractivity contribution < 1.29 is 24.2 Å². The monoisotopic (exact) mass is 313 g/mol. The summed E-state index contributed by atoms with van der Waals surface area (Å²) in [6.45, 7) is 0.983. The van der Waals surface area contributed by atoms with Crippen molar-refractivity contribution in [2.75, 3.05) is 26.8 Å². The highest BCUT2D eigenvalue weighted by Gasteiger charge is 2.28. The van der Waals surface area contributed by atoms with Crippen molar-refractivity contribution in [1.82, 2.24) is 4.90 Å². The maximum absolute atomic E-state index is 12.5. The summed E-state index contributed by atoms with van der Waals surface area (Å²) in [5.74, 6) is -0.769. The van der Waals surface area contributed by atoms with E-state index in [9.17, 15) is 9.59 Å². The molecule has 1 unspecified atom stereocenters. The van der Waals surface area contributed by atoms with Gasteiger partial charge in [-0.15, -0.1) is 0 Å². The van der Waals surface area contributed by atoms with Crippen molar-refractivity contribution in [2.45, 2.75) is 12.5 Å². The largest absolute Gasteiger partial charge is 0.496 e. The van der Waals surface area contributed by atoms with Crippen LogP contribution in [0.15, 0.2) is 18.2 Å². The Morgan fingerprint density at radius 3 is 2.95 bits per heavy atom. The third-order valence-corrected chi connectivity index (χ3v) is 3.46. The average molecular weight is 314 g/mol. The normalized spacial score (nSPS) is 18.4. The van der Waals surface area contributed by atoms with Crippen molar-refractivity contribution in [1.29, 1.82) is 0 Å². The standard InChI is InChI=1S/C14H16ClNO5/c1-20-12-6-9(15)2-3-11(12)14(19)16-4-5-21-10(8-16)7-13(17)18/h2-3,6,10H,4-5,7-8H2,1H3,(H,17,18). The molecule has 1 aliphatic heterocycles. The van der Waals surface area contributed by atoms with E-state index in [1.807, 2.05) is 0 Å². The fraction of sp³-hybridized carbons (Fsp3) is 0.429. The van der Waals surface area contributed by atoms with E-state index in [4.69, 9.17) is 26.2 Å². The number of ether oxygens (including phenoxy) is 2. The summed E-state index contributed by atoms with van der Waals surface area (Å²) in [6, 6.07) is 4.79. The summed E-state index contributed by atoms with van der Waals surface area (Å²) in [7, 11) is 1.47. The summed E-state index contributed by atoms with van der Waals surface area (Å²) in [5, 5.41) is 9.28. The molecule has 0 bridgehead atoms. The van der Waals surface area contributed by atoms with Crippen molar-refractivity contribution in [3.63, 3.8) is 0 Å². The Morgan fingerprint density at radius 1 is 1.52 bits per heavy atom. The van der Waals surface area contributed by atoms with Gasteiger partial charge in [-0.2, -0.15) is 0 Å². The first-order valence-corrected chi connectivity index (χ1v) is 6.85. The number of hydrogen-bond donors (Lipinski definition) is 1. The molecule has 1 aliphatic rings. The molecule has 1 N–H and O–H groups in total. The molecule has 1 aromatic carbocycles. The van der Waals surface area contributed by atoms with E-state index in [1.165, 1.54) is 7.11 Å². The first kappa shape index (κ1) is 15.6. The second kappa shape index (κ2) is 6.78. The minimum Gasteiger partial charge on any atom is -0.496 e. The lowest BCUT2D eigenvalue weighted by atomic mass is 10.1. The molecule has 114 valence electrons. The Bertz CT molecular complexity index is 548. The van der Waals surface area contributed by atoms with Crippen LogP contribution >= 0.6 is 11.6 Å². The molecule has 2 rings (SSSR count). The molecule has 1 aromatic rings. The van der Waals surface area contributed by atoms with Gasteiger partial charge in [-0.25, -0.2) is 0 Å². The lowest BCUT2D eigenvalue weighted by Gasteiger charge is -2.32. The number of nitrogens with zero attached hydrogens (tertiary/aromatic N) is 1. The zero-order valence-electron chi connectivity index (χ0n) is 11.5. The zero-order valence-corrected chi connectivity index (χ0v) is 12.3. The number of carboxylic acids is 1. The molecule has 0 aliphatic carbocycles. The van der Waals surface area contributed by atoms with Gasteiger partial charge in [0.15, 0.2) is 0 Å². The quantitative estimate of drug-likeness (QED) is 0.915. The first-order chi connectivity index (χ1) is 10.0. The molecular formula is C14H16ClNO5. The van der Waals surface area contributed by atoms with Crippen molar-refractivity contribution in [3.05, 3.63) is 28.8 Å². The second-order valence-electron chi connectivity index (χ2n) is 4.69. The van der Waals surface area contributed by atoms with Gasteiger partial charge in [0.05, 0.1) is 31.8 Å². The molecule has 1 heterocycles. The molecule has 7 heteroatoms. The maximum Gasteiger partial charge on any atom is 0.306 e. The number of methoxy groups -OCH3 is 1. The summed E-state index contributed by atoms with van der Waals surface area (Å²) in [6.07, 6.45) is -0.611. The van der Waals surface area contributed by atoms with Gasteiger partial charge >= 0.3 is 5.97 Å². The van der Waals surface area contributed by atoms with E-state index in [2.05, 4.69) is 0 Å². The average Bonchev–Trinajstić information content (AvgIpc) is 2.46. The highest BCUT2D eigenvalue weighted by molar-refractivity contribution is 6.30. The number of benzene rings is 1. The van der Waals surface area contributed by atoms with Crippen LogP contribution in [-0.4, -0.2) is 54.8 Å². The van der Waals surface area contributed by atoms with Gasteiger partial charge in [-0.1, -0.05) is 11.6 Å². The van der Waals surface area contributed by atoms with Gasteiger partial charge in [-0.3, -0.25) is 9.59 Å². The smallest absolute Gasteiger partial charge is 0.306 e. The van der Waals surface area contributed by atoms with E-state index in [0.717, 1.165) is 0 Å². The number of carbonyl (C=O) groups excluding carboxylic acids is 1. The van der Waals surface area contributed by atoms with E-state index in [1.54, 1.807) is 23.1 Å². The van der Waals surface area contributed by atoms with Gasteiger partial charge in [0.25, 0.3) is 5.91 Å². The maximum atomic E-state index is 12.5. The number of carbonyl (C=O) groups is 2. The SMILES string of the molecule is COc1cc(Cl)ccc1C(=O)N1CCOC(CC(=O)O)C1. The molecule has 6 nitrogen and oxygen atoms in total. The molecular weight excluding hydrogens is 298 g/mol. The number of rotatable bonds is 4. The number of hydrogen-bond acceptors (Lipinski definition) is 4. The Morgan fingerprint density at radius 2 is 2.29 bits per heavy atom. The Hall–Kier alpha value is -1.79. The van der Waals surface area contributed by atoms with Crippen LogP contribution in [0.1, 0.15) is 16.8 Å². The summed E-state index contributed by atoms with van der Waals surface area (Å²) >= 11 is 5.88. The lowest BCUT2D eigenvalue weighted by molar-refractivity contribution is -0.141. The third kappa shape index (κ3) is 3.86.